The summed E-state index contributed by atoms with van der Waals surface area (Å²) in [7, 11) is 0. The van der Waals surface area contributed by atoms with Crippen molar-refractivity contribution in [1.82, 2.24) is 0 Å². The molecule has 4 heterocycles. The van der Waals surface area contributed by atoms with Gasteiger partial charge in [-0.15, -0.1) is 0 Å². The summed E-state index contributed by atoms with van der Waals surface area (Å²) >= 11 is 0. The molecule has 2 aromatic rings. The number of hydrogen-bond donors (Lipinski definition) is 0. The molecule has 0 spiro atoms. The minimum absolute atomic E-state index is 0.790. The topological polar surface area (TPSA) is 35.5 Å². The maximum absolute atomic E-state index is 5.69. The van der Waals surface area contributed by atoms with Gasteiger partial charge in [-0.3, -0.25) is 0 Å². The fraction of sp³-hybridized carbons (Fsp3) is 0. The SMILES string of the molecule is C1=C2OC(=Cc3occc32)c2ccoc21. The highest BCUT2D eigenvalue weighted by atomic mass is 16.5. The zero-order chi connectivity index (χ0) is 9.83. The van der Waals surface area contributed by atoms with E-state index in [1.807, 2.05) is 24.3 Å². The second kappa shape index (κ2) is 2.25. The first-order valence-corrected chi connectivity index (χ1v) is 4.69. The minimum Gasteiger partial charge on any atom is -0.464 e. The summed E-state index contributed by atoms with van der Waals surface area (Å²) in [4.78, 5) is 0. The quantitative estimate of drug-likeness (QED) is 0.652. The van der Waals surface area contributed by atoms with Gasteiger partial charge in [-0.1, -0.05) is 0 Å². The number of hydrogen-bond acceptors (Lipinski definition) is 3. The Morgan fingerprint density at radius 1 is 0.733 bits per heavy atom. The molecule has 0 aliphatic carbocycles. The fourth-order valence-corrected chi connectivity index (χ4v) is 1.95. The molecule has 72 valence electrons. The van der Waals surface area contributed by atoms with Crippen LogP contribution in [-0.2, 0) is 4.74 Å². The highest BCUT2D eigenvalue weighted by Crippen LogP contribution is 2.42. The Hall–Kier alpha value is -2.16. The van der Waals surface area contributed by atoms with Crippen LogP contribution in [-0.4, -0.2) is 0 Å². The zero-order valence-electron chi connectivity index (χ0n) is 7.69. The number of furan rings is 2. The predicted molar refractivity (Wildman–Crippen MR) is 54.2 cm³/mol. The molecule has 0 unspecified atom stereocenters. The molecule has 2 aliphatic heterocycles. The van der Waals surface area contributed by atoms with Gasteiger partial charge in [0.05, 0.1) is 23.7 Å². The van der Waals surface area contributed by atoms with E-state index >= 15 is 0 Å². The average molecular weight is 198 g/mol. The van der Waals surface area contributed by atoms with E-state index in [2.05, 4.69) is 0 Å². The van der Waals surface area contributed by atoms with Gasteiger partial charge in [0, 0.05) is 12.2 Å². The Morgan fingerprint density at radius 3 is 1.80 bits per heavy atom. The molecule has 2 bridgehead atoms. The van der Waals surface area contributed by atoms with Crippen molar-refractivity contribution in [1.29, 1.82) is 0 Å². The van der Waals surface area contributed by atoms with E-state index in [0.29, 0.717) is 0 Å². The van der Waals surface area contributed by atoms with Gasteiger partial charge < -0.3 is 13.6 Å². The highest BCUT2D eigenvalue weighted by molar-refractivity contribution is 5.97. The van der Waals surface area contributed by atoms with Crippen molar-refractivity contribution in [2.45, 2.75) is 0 Å². The maximum atomic E-state index is 5.69. The summed E-state index contributed by atoms with van der Waals surface area (Å²) in [5.74, 6) is 3.26. The average Bonchev–Trinajstić information content (AvgIpc) is 2.84. The van der Waals surface area contributed by atoms with E-state index in [-0.39, 0.29) is 0 Å². The van der Waals surface area contributed by atoms with Gasteiger partial charge >= 0.3 is 0 Å². The van der Waals surface area contributed by atoms with E-state index in [9.17, 15) is 0 Å². The number of rotatable bonds is 0. The minimum atomic E-state index is 0.790. The van der Waals surface area contributed by atoms with Crippen LogP contribution in [0.15, 0.2) is 33.5 Å². The second-order valence-electron chi connectivity index (χ2n) is 3.52. The van der Waals surface area contributed by atoms with E-state index in [1.54, 1.807) is 12.5 Å². The molecule has 0 atom stereocenters. The van der Waals surface area contributed by atoms with E-state index in [1.165, 1.54) is 0 Å². The Kier molecular flexibility index (Phi) is 1.08. The van der Waals surface area contributed by atoms with Crippen LogP contribution in [0.1, 0.15) is 22.6 Å². The molecule has 0 saturated carbocycles. The van der Waals surface area contributed by atoms with Crippen molar-refractivity contribution in [2.75, 3.05) is 0 Å². The largest absolute Gasteiger partial charge is 0.464 e. The molecule has 0 radical (unpaired) electrons. The molecule has 0 aromatic carbocycles. The fourth-order valence-electron chi connectivity index (χ4n) is 1.95. The summed E-state index contributed by atoms with van der Waals surface area (Å²) in [6, 6.07) is 3.78. The van der Waals surface area contributed by atoms with Crippen LogP contribution in [0, 0.1) is 0 Å². The number of fused-ring (bicyclic) bond motifs is 6. The lowest BCUT2D eigenvalue weighted by Gasteiger charge is -2.20. The third-order valence-corrected chi connectivity index (χ3v) is 2.67. The van der Waals surface area contributed by atoms with Gasteiger partial charge in [-0.05, 0) is 12.1 Å². The van der Waals surface area contributed by atoms with Crippen molar-refractivity contribution in [3.05, 3.63) is 47.3 Å². The summed E-state index contributed by atoms with van der Waals surface area (Å²) in [5, 5.41) is 0. The third kappa shape index (κ3) is 0.801. The molecule has 4 rings (SSSR count). The van der Waals surface area contributed by atoms with Crippen LogP contribution < -0.4 is 0 Å². The van der Waals surface area contributed by atoms with Gasteiger partial charge in [0.2, 0.25) is 0 Å². The van der Waals surface area contributed by atoms with Crippen LogP contribution in [0.3, 0.4) is 0 Å². The molecule has 2 aliphatic rings. The summed E-state index contributed by atoms with van der Waals surface area (Å²) in [6.45, 7) is 0. The molecular formula is C12H6O3. The lowest BCUT2D eigenvalue weighted by atomic mass is 10.0. The van der Waals surface area contributed by atoms with Gasteiger partial charge in [0.1, 0.15) is 23.0 Å². The third-order valence-electron chi connectivity index (χ3n) is 2.67. The standard InChI is InChI=1S/C12H6O3/c1-3-13-9-5-12-8-2-4-14-10(8)6-11(15-12)7(1)9/h1-6H. The van der Waals surface area contributed by atoms with Crippen LogP contribution >= 0.6 is 0 Å². The first kappa shape index (κ1) is 7.17. The Morgan fingerprint density at radius 2 is 1.27 bits per heavy atom. The van der Waals surface area contributed by atoms with Crippen molar-refractivity contribution in [2.24, 2.45) is 0 Å². The smallest absolute Gasteiger partial charge is 0.142 e. The van der Waals surface area contributed by atoms with Crippen LogP contribution in [0.2, 0.25) is 0 Å². The molecule has 2 aromatic heterocycles. The first-order chi connectivity index (χ1) is 7.42. The molecular weight excluding hydrogens is 192 g/mol. The molecule has 0 saturated heterocycles. The molecule has 3 heteroatoms. The molecule has 0 N–H and O–H groups in total. The van der Waals surface area contributed by atoms with Crippen molar-refractivity contribution < 1.29 is 13.6 Å². The van der Waals surface area contributed by atoms with Crippen LogP contribution in [0.4, 0.5) is 0 Å². The summed E-state index contributed by atoms with van der Waals surface area (Å²) in [6.07, 6.45) is 7.10. The lowest BCUT2D eigenvalue weighted by Crippen LogP contribution is -2.03. The molecule has 0 amide bonds. The first-order valence-electron chi connectivity index (χ1n) is 4.69. The lowest BCUT2D eigenvalue weighted by molar-refractivity contribution is 0.453. The highest BCUT2D eigenvalue weighted by Gasteiger charge is 2.27. The monoisotopic (exact) mass is 198 g/mol. The van der Waals surface area contributed by atoms with E-state index in [4.69, 9.17) is 13.6 Å². The van der Waals surface area contributed by atoms with Crippen molar-refractivity contribution in [3.8, 4) is 0 Å². The van der Waals surface area contributed by atoms with Gasteiger partial charge in [-0.2, -0.15) is 0 Å². The summed E-state index contributed by atoms with van der Waals surface area (Å²) in [5.41, 5.74) is 1.95. The molecule has 15 heavy (non-hydrogen) atoms. The van der Waals surface area contributed by atoms with Crippen molar-refractivity contribution >= 4 is 23.7 Å². The Bertz CT molecular complexity index is 556. The van der Waals surface area contributed by atoms with Gasteiger partial charge in [-0.25, -0.2) is 0 Å². The maximum Gasteiger partial charge on any atom is 0.142 e. The van der Waals surface area contributed by atoms with Gasteiger partial charge in [0.15, 0.2) is 0 Å². The normalized spacial score (nSPS) is 16.0. The molecule has 0 fully saturated rings. The van der Waals surface area contributed by atoms with E-state index in [0.717, 1.165) is 34.2 Å². The zero-order valence-corrected chi connectivity index (χ0v) is 7.69. The van der Waals surface area contributed by atoms with E-state index < -0.39 is 0 Å². The Labute approximate surface area is 85.3 Å². The Balaban J connectivity index is 2.10. The summed E-state index contributed by atoms with van der Waals surface area (Å²) < 4.78 is 16.4. The second-order valence-corrected chi connectivity index (χ2v) is 3.52. The van der Waals surface area contributed by atoms with Crippen LogP contribution in [0.25, 0.3) is 23.7 Å². The van der Waals surface area contributed by atoms with Crippen LogP contribution in [0.5, 0.6) is 0 Å². The van der Waals surface area contributed by atoms with Gasteiger partial charge in [0.25, 0.3) is 0 Å². The number of ether oxygens (including phenoxy) is 1. The molecule has 3 nitrogen and oxygen atoms in total. The predicted octanol–water partition coefficient (Wildman–Crippen LogP) is 3.21. The van der Waals surface area contributed by atoms with Crippen molar-refractivity contribution in [3.63, 3.8) is 0 Å².